The molecule has 0 aromatic heterocycles. The van der Waals surface area contributed by atoms with Crippen LogP contribution in [0, 0.1) is 0 Å². The van der Waals surface area contributed by atoms with Gasteiger partial charge in [-0.15, -0.1) is 0 Å². The minimum absolute atomic E-state index is 0.237. The van der Waals surface area contributed by atoms with Gasteiger partial charge in [0.25, 0.3) is 0 Å². The molecule has 1 aromatic rings. The molecule has 7 heteroatoms. The number of rotatable bonds is 8. The number of carboxylic acid groups (broad SMARTS) is 2. The maximum absolute atomic E-state index is 11.2. The number of carboxylic acids is 2. The highest BCUT2D eigenvalue weighted by atomic mass is 16.5. The van der Waals surface area contributed by atoms with E-state index in [-0.39, 0.29) is 29.4 Å². The van der Waals surface area contributed by atoms with Crippen molar-refractivity contribution in [3.05, 3.63) is 41.5 Å². The lowest BCUT2D eigenvalue weighted by Gasteiger charge is -2.09. The molecule has 0 atom stereocenters. The van der Waals surface area contributed by atoms with Crippen LogP contribution in [0.1, 0.15) is 34.1 Å². The number of nitrogens with one attached hydrogen (secondary N) is 1. The number of amides is 1. The lowest BCUT2D eigenvalue weighted by Crippen LogP contribution is -2.25. The molecular weight excluding hydrogens is 290 g/mol. The molecule has 0 aliphatic carbocycles. The maximum Gasteiger partial charge on any atom is 0.336 e. The van der Waals surface area contributed by atoms with Gasteiger partial charge in [0.05, 0.1) is 17.7 Å². The van der Waals surface area contributed by atoms with E-state index in [4.69, 9.17) is 14.9 Å². The standard InChI is InChI=1S/C15H17NO6/c1-9(2)13(17)16-6-3-7-22-10-4-5-11(14(18)19)12(8-10)15(20)21/h4-5,8H,1,3,6-7H2,2H3,(H,16,17)(H,18,19)(H,20,21). The molecule has 0 spiro atoms. The first-order valence-electron chi connectivity index (χ1n) is 6.50. The molecule has 1 aromatic carbocycles. The molecule has 22 heavy (non-hydrogen) atoms. The van der Waals surface area contributed by atoms with Gasteiger partial charge in [0, 0.05) is 12.1 Å². The lowest BCUT2D eigenvalue weighted by molar-refractivity contribution is -0.117. The topological polar surface area (TPSA) is 113 Å². The first-order chi connectivity index (χ1) is 10.3. The van der Waals surface area contributed by atoms with Gasteiger partial charge >= 0.3 is 11.9 Å². The van der Waals surface area contributed by atoms with Crippen molar-refractivity contribution in [1.29, 1.82) is 0 Å². The van der Waals surface area contributed by atoms with Gasteiger partial charge in [-0.2, -0.15) is 0 Å². The summed E-state index contributed by atoms with van der Waals surface area (Å²) in [5.41, 5.74) is -0.217. The van der Waals surface area contributed by atoms with Crippen molar-refractivity contribution in [2.45, 2.75) is 13.3 Å². The Morgan fingerprint density at radius 1 is 1.18 bits per heavy atom. The van der Waals surface area contributed by atoms with E-state index in [2.05, 4.69) is 11.9 Å². The summed E-state index contributed by atoms with van der Waals surface area (Å²) in [6.45, 7) is 5.75. The van der Waals surface area contributed by atoms with Crippen LogP contribution in [0.5, 0.6) is 5.75 Å². The van der Waals surface area contributed by atoms with Crippen LogP contribution in [0.25, 0.3) is 0 Å². The van der Waals surface area contributed by atoms with Crippen molar-refractivity contribution in [2.75, 3.05) is 13.2 Å². The Kier molecular flexibility index (Phi) is 6.12. The van der Waals surface area contributed by atoms with E-state index in [1.165, 1.54) is 12.1 Å². The molecule has 0 radical (unpaired) electrons. The monoisotopic (exact) mass is 307 g/mol. The Morgan fingerprint density at radius 3 is 2.36 bits per heavy atom. The molecule has 1 rings (SSSR count). The predicted molar refractivity (Wildman–Crippen MR) is 78.3 cm³/mol. The molecule has 0 aliphatic rings. The normalized spacial score (nSPS) is 9.86. The van der Waals surface area contributed by atoms with Gasteiger partial charge < -0.3 is 20.3 Å². The van der Waals surface area contributed by atoms with Crippen LogP contribution in [0.3, 0.4) is 0 Å². The molecule has 0 aliphatic heterocycles. The van der Waals surface area contributed by atoms with Gasteiger partial charge in [-0.3, -0.25) is 4.79 Å². The fourth-order valence-electron chi connectivity index (χ4n) is 1.59. The number of ether oxygens (including phenoxy) is 1. The molecule has 0 unspecified atom stereocenters. The van der Waals surface area contributed by atoms with Crippen LogP contribution in [0.4, 0.5) is 0 Å². The van der Waals surface area contributed by atoms with E-state index >= 15 is 0 Å². The molecule has 0 bridgehead atoms. The van der Waals surface area contributed by atoms with Crippen molar-refractivity contribution >= 4 is 17.8 Å². The van der Waals surface area contributed by atoms with Crippen LogP contribution in [-0.4, -0.2) is 41.2 Å². The predicted octanol–water partition coefficient (Wildman–Crippen LogP) is 1.54. The highest BCUT2D eigenvalue weighted by Crippen LogP contribution is 2.18. The summed E-state index contributed by atoms with van der Waals surface area (Å²) in [5, 5.41) is 20.5. The first-order valence-corrected chi connectivity index (χ1v) is 6.50. The zero-order valence-electron chi connectivity index (χ0n) is 12.1. The second kappa shape index (κ2) is 7.82. The highest BCUT2D eigenvalue weighted by Gasteiger charge is 2.16. The van der Waals surface area contributed by atoms with Gasteiger partial charge in [-0.25, -0.2) is 9.59 Å². The Morgan fingerprint density at radius 2 is 1.82 bits per heavy atom. The first kappa shape index (κ1) is 17.2. The van der Waals surface area contributed by atoms with Crippen molar-refractivity contribution in [1.82, 2.24) is 5.32 Å². The van der Waals surface area contributed by atoms with E-state index in [1.807, 2.05) is 0 Å². The molecule has 0 heterocycles. The molecule has 3 N–H and O–H groups in total. The zero-order chi connectivity index (χ0) is 16.7. The van der Waals surface area contributed by atoms with Crippen LogP contribution in [0.15, 0.2) is 30.4 Å². The fraction of sp³-hybridized carbons (Fsp3) is 0.267. The van der Waals surface area contributed by atoms with Gasteiger partial charge in [-0.1, -0.05) is 6.58 Å². The van der Waals surface area contributed by atoms with Gasteiger partial charge in [0.15, 0.2) is 0 Å². The number of benzene rings is 1. The van der Waals surface area contributed by atoms with Crippen LogP contribution in [0.2, 0.25) is 0 Å². The third-order valence-corrected chi connectivity index (χ3v) is 2.71. The molecule has 0 saturated carbocycles. The molecule has 7 nitrogen and oxygen atoms in total. The largest absolute Gasteiger partial charge is 0.494 e. The molecular formula is C15H17NO6. The minimum Gasteiger partial charge on any atom is -0.494 e. The van der Waals surface area contributed by atoms with Crippen molar-refractivity contribution in [2.24, 2.45) is 0 Å². The summed E-state index contributed by atoms with van der Waals surface area (Å²) in [6.07, 6.45) is 0.516. The third-order valence-electron chi connectivity index (χ3n) is 2.71. The summed E-state index contributed by atoms with van der Waals surface area (Å²) in [5.74, 6) is -2.63. The fourth-order valence-corrected chi connectivity index (χ4v) is 1.59. The Hall–Kier alpha value is -2.83. The number of aromatic carboxylic acids is 2. The summed E-state index contributed by atoms with van der Waals surface area (Å²) in [6, 6.07) is 3.74. The van der Waals surface area contributed by atoms with Gasteiger partial charge in [0.2, 0.25) is 5.91 Å². The number of hydrogen-bond acceptors (Lipinski definition) is 4. The second-order valence-corrected chi connectivity index (χ2v) is 4.56. The van der Waals surface area contributed by atoms with E-state index in [0.717, 1.165) is 6.07 Å². The summed E-state index contributed by atoms with van der Waals surface area (Å²) >= 11 is 0. The third kappa shape index (κ3) is 4.93. The van der Waals surface area contributed by atoms with E-state index in [0.29, 0.717) is 18.5 Å². The van der Waals surface area contributed by atoms with Crippen LogP contribution >= 0.6 is 0 Å². The molecule has 118 valence electrons. The van der Waals surface area contributed by atoms with Crippen molar-refractivity contribution < 1.29 is 29.3 Å². The highest BCUT2D eigenvalue weighted by molar-refractivity contribution is 6.02. The summed E-state index contributed by atoms with van der Waals surface area (Å²) in [7, 11) is 0. The van der Waals surface area contributed by atoms with Crippen molar-refractivity contribution in [3.8, 4) is 5.75 Å². The summed E-state index contributed by atoms with van der Waals surface area (Å²) in [4.78, 5) is 33.1. The second-order valence-electron chi connectivity index (χ2n) is 4.56. The summed E-state index contributed by atoms with van der Waals surface area (Å²) < 4.78 is 5.34. The SMILES string of the molecule is C=C(C)C(=O)NCCCOc1ccc(C(=O)O)c(C(=O)O)c1. The van der Waals surface area contributed by atoms with Crippen molar-refractivity contribution in [3.63, 3.8) is 0 Å². The van der Waals surface area contributed by atoms with Gasteiger partial charge in [0.1, 0.15) is 5.75 Å². The zero-order valence-corrected chi connectivity index (χ0v) is 12.1. The van der Waals surface area contributed by atoms with E-state index in [1.54, 1.807) is 6.92 Å². The van der Waals surface area contributed by atoms with E-state index in [9.17, 15) is 14.4 Å². The number of carbonyl (C=O) groups excluding carboxylic acids is 1. The Balaban J connectivity index is 2.55. The minimum atomic E-state index is -1.34. The molecule has 1 amide bonds. The Labute approximate surface area is 127 Å². The smallest absolute Gasteiger partial charge is 0.336 e. The average molecular weight is 307 g/mol. The Bertz CT molecular complexity index is 608. The lowest BCUT2D eigenvalue weighted by atomic mass is 10.1. The van der Waals surface area contributed by atoms with Crippen LogP contribution in [-0.2, 0) is 4.79 Å². The van der Waals surface area contributed by atoms with Crippen LogP contribution < -0.4 is 10.1 Å². The molecule has 0 fully saturated rings. The van der Waals surface area contributed by atoms with Gasteiger partial charge in [-0.05, 0) is 31.5 Å². The number of hydrogen-bond donors (Lipinski definition) is 3. The quantitative estimate of drug-likeness (QED) is 0.496. The number of carbonyl (C=O) groups is 3. The average Bonchev–Trinajstić information content (AvgIpc) is 2.46. The molecule has 0 saturated heterocycles. The van der Waals surface area contributed by atoms with E-state index < -0.39 is 11.9 Å². The maximum atomic E-state index is 11.2.